The lowest BCUT2D eigenvalue weighted by molar-refractivity contribution is -0.140. The van der Waals surface area contributed by atoms with Crippen LogP contribution in [0.5, 0.6) is 0 Å². The monoisotopic (exact) mass is 704 g/mol. The molecule has 3 unspecified atom stereocenters. The quantitative estimate of drug-likeness (QED) is 0.254. The molecule has 0 bridgehead atoms. The summed E-state index contributed by atoms with van der Waals surface area (Å²) >= 11 is 3.32. The SMILES string of the molecule is CNC(C(=O)NC(C(=O)N(C)C(/C=C(\C)C(=O)NS(=O)(=O)Cc1ccc(Br)cc1)C(C)C)C(C)(C)C)C(C)(C)c1ccccc1. The van der Waals surface area contributed by atoms with Gasteiger partial charge in [-0.1, -0.05) is 113 Å². The van der Waals surface area contributed by atoms with Crippen LogP contribution < -0.4 is 15.4 Å². The number of benzene rings is 2. The van der Waals surface area contributed by atoms with Gasteiger partial charge >= 0.3 is 0 Å². The number of nitrogens with one attached hydrogen (secondary N) is 3. The molecule has 2 aromatic rings. The lowest BCUT2D eigenvalue weighted by Crippen LogP contribution is -2.61. The van der Waals surface area contributed by atoms with E-state index in [1.807, 2.05) is 78.8 Å². The number of hydrogen-bond donors (Lipinski definition) is 3. The molecule has 0 saturated carbocycles. The van der Waals surface area contributed by atoms with Crippen LogP contribution in [0.4, 0.5) is 0 Å². The van der Waals surface area contributed by atoms with Crippen LogP contribution in [-0.4, -0.2) is 63.3 Å². The predicted molar refractivity (Wildman–Crippen MR) is 184 cm³/mol. The number of carbonyl (C=O) groups is 3. The van der Waals surface area contributed by atoms with Gasteiger partial charge in [0.05, 0.1) is 17.8 Å². The predicted octanol–water partition coefficient (Wildman–Crippen LogP) is 4.92. The van der Waals surface area contributed by atoms with Crippen LogP contribution in [0, 0.1) is 11.3 Å². The molecule has 0 saturated heterocycles. The van der Waals surface area contributed by atoms with Crippen LogP contribution in [0.1, 0.15) is 66.5 Å². The minimum Gasteiger partial charge on any atom is -0.342 e. The zero-order valence-electron chi connectivity index (χ0n) is 28.1. The Morgan fingerprint density at radius 1 is 0.933 bits per heavy atom. The van der Waals surface area contributed by atoms with Gasteiger partial charge in [0.2, 0.25) is 21.8 Å². The number of likely N-dealkylation sites (N-methyl/N-ethyl adjacent to an activating group) is 2. The van der Waals surface area contributed by atoms with E-state index in [1.165, 1.54) is 11.8 Å². The van der Waals surface area contributed by atoms with Crippen LogP contribution in [0.25, 0.3) is 0 Å². The summed E-state index contributed by atoms with van der Waals surface area (Å²) in [4.78, 5) is 42.3. The lowest BCUT2D eigenvalue weighted by Gasteiger charge is -2.40. The maximum absolute atomic E-state index is 14.1. The average molecular weight is 706 g/mol. The van der Waals surface area contributed by atoms with Crippen molar-refractivity contribution in [2.75, 3.05) is 14.1 Å². The maximum Gasteiger partial charge on any atom is 0.260 e. The van der Waals surface area contributed by atoms with E-state index in [1.54, 1.807) is 44.4 Å². The van der Waals surface area contributed by atoms with Gasteiger partial charge in [0.25, 0.3) is 5.91 Å². The fraction of sp³-hybridized carbons (Fsp3) is 0.500. The molecule has 9 nitrogen and oxygen atoms in total. The van der Waals surface area contributed by atoms with Crippen LogP contribution in [-0.2, 0) is 35.6 Å². The second-order valence-electron chi connectivity index (χ2n) is 13.5. The highest BCUT2D eigenvalue weighted by atomic mass is 79.9. The Bertz CT molecular complexity index is 1470. The molecular formula is C34H49BrN4O5S. The van der Waals surface area contributed by atoms with E-state index in [2.05, 4.69) is 31.3 Å². The lowest BCUT2D eigenvalue weighted by atomic mass is 9.76. The third-order valence-corrected chi connectivity index (χ3v) is 9.70. The number of carbonyl (C=O) groups excluding carboxylic acids is 3. The summed E-state index contributed by atoms with van der Waals surface area (Å²) in [5.74, 6) is -1.88. The van der Waals surface area contributed by atoms with E-state index in [0.29, 0.717) is 5.56 Å². The van der Waals surface area contributed by atoms with Gasteiger partial charge in [0.1, 0.15) is 6.04 Å². The van der Waals surface area contributed by atoms with Gasteiger partial charge in [0, 0.05) is 22.5 Å². The summed E-state index contributed by atoms with van der Waals surface area (Å²) in [5.41, 5.74) is 0.447. The van der Waals surface area contributed by atoms with E-state index in [-0.39, 0.29) is 29.1 Å². The number of nitrogens with zero attached hydrogens (tertiary/aromatic N) is 1. The molecule has 45 heavy (non-hydrogen) atoms. The molecule has 0 aliphatic heterocycles. The van der Waals surface area contributed by atoms with Crippen molar-refractivity contribution in [2.45, 2.75) is 84.7 Å². The van der Waals surface area contributed by atoms with Crippen molar-refractivity contribution in [3.05, 3.63) is 81.8 Å². The molecule has 0 radical (unpaired) electrons. The number of halogens is 1. The Labute approximate surface area is 277 Å². The first-order chi connectivity index (χ1) is 20.7. The second-order valence-corrected chi connectivity index (χ2v) is 16.1. The molecule has 0 heterocycles. The molecule has 2 aromatic carbocycles. The minimum absolute atomic E-state index is 0.125. The number of hydrogen-bond acceptors (Lipinski definition) is 6. The Balaban J connectivity index is 2.29. The normalized spacial score (nSPS) is 14.8. The van der Waals surface area contributed by atoms with Gasteiger partial charge in [-0.2, -0.15) is 0 Å². The molecule has 0 aliphatic carbocycles. The molecule has 248 valence electrons. The highest BCUT2D eigenvalue weighted by Crippen LogP contribution is 2.29. The molecule has 0 fully saturated rings. The van der Waals surface area contributed by atoms with Crippen molar-refractivity contribution in [1.82, 2.24) is 20.3 Å². The zero-order valence-corrected chi connectivity index (χ0v) is 30.5. The molecule has 3 N–H and O–H groups in total. The van der Waals surface area contributed by atoms with Gasteiger partial charge in [0.15, 0.2) is 0 Å². The Hall–Kier alpha value is -3.02. The van der Waals surface area contributed by atoms with E-state index in [4.69, 9.17) is 0 Å². The molecule has 3 atom stereocenters. The first kappa shape index (κ1) is 38.2. The molecule has 0 spiro atoms. The number of rotatable bonds is 13. The van der Waals surface area contributed by atoms with Crippen LogP contribution in [0.15, 0.2) is 70.7 Å². The van der Waals surface area contributed by atoms with Gasteiger partial charge in [-0.25, -0.2) is 13.1 Å². The summed E-state index contributed by atoms with van der Waals surface area (Å²) in [6.45, 7) is 14.9. The van der Waals surface area contributed by atoms with Crippen molar-refractivity contribution in [1.29, 1.82) is 0 Å². The summed E-state index contributed by atoms with van der Waals surface area (Å²) in [6.07, 6.45) is 1.60. The molecule has 0 aromatic heterocycles. The van der Waals surface area contributed by atoms with Crippen molar-refractivity contribution in [2.24, 2.45) is 11.3 Å². The van der Waals surface area contributed by atoms with Gasteiger partial charge in [-0.05, 0) is 48.6 Å². The van der Waals surface area contributed by atoms with E-state index in [9.17, 15) is 22.8 Å². The Morgan fingerprint density at radius 3 is 1.98 bits per heavy atom. The summed E-state index contributed by atoms with van der Waals surface area (Å²) in [7, 11) is -0.607. The van der Waals surface area contributed by atoms with Crippen LogP contribution >= 0.6 is 15.9 Å². The maximum atomic E-state index is 14.1. The minimum atomic E-state index is -3.96. The standard InChI is InChI=1S/C34H49BrN4O5S/c1-22(2)27(20-23(3)30(40)38-45(43,44)21-24-16-18-26(35)19-17-24)39(10)32(42)29(33(4,5)6)37-31(41)28(36-9)34(7,8)25-14-12-11-13-15-25/h11-20,22,27-29,36H,21H2,1-10H3,(H,37,41)(H,38,40)/b23-20+. The highest BCUT2D eigenvalue weighted by molar-refractivity contribution is 9.10. The van der Waals surface area contributed by atoms with Gasteiger partial charge in [-0.15, -0.1) is 0 Å². The van der Waals surface area contributed by atoms with E-state index < -0.39 is 44.9 Å². The zero-order chi connectivity index (χ0) is 34.3. The fourth-order valence-corrected chi connectivity index (χ4v) is 6.63. The van der Waals surface area contributed by atoms with Crippen molar-refractivity contribution in [3.63, 3.8) is 0 Å². The van der Waals surface area contributed by atoms with Crippen molar-refractivity contribution < 1.29 is 22.8 Å². The fourth-order valence-electron chi connectivity index (χ4n) is 5.22. The third-order valence-electron chi connectivity index (χ3n) is 7.96. The molecule has 0 aliphatic rings. The second kappa shape index (κ2) is 15.5. The topological polar surface area (TPSA) is 125 Å². The first-order valence-electron chi connectivity index (χ1n) is 15.0. The average Bonchev–Trinajstić information content (AvgIpc) is 2.94. The largest absolute Gasteiger partial charge is 0.342 e. The molecule has 11 heteroatoms. The molecule has 3 amide bonds. The number of amides is 3. The van der Waals surface area contributed by atoms with Crippen molar-refractivity contribution in [3.8, 4) is 0 Å². The van der Waals surface area contributed by atoms with E-state index in [0.717, 1.165) is 10.0 Å². The Kier molecular flexibility index (Phi) is 13.2. The molecular weight excluding hydrogens is 656 g/mol. The molecule has 2 rings (SSSR count). The third kappa shape index (κ3) is 10.5. The number of sulfonamides is 1. The smallest absolute Gasteiger partial charge is 0.260 e. The van der Waals surface area contributed by atoms with Crippen LogP contribution in [0.2, 0.25) is 0 Å². The first-order valence-corrected chi connectivity index (χ1v) is 17.4. The van der Waals surface area contributed by atoms with Gasteiger partial charge in [-0.3, -0.25) is 14.4 Å². The summed E-state index contributed by atoms with van der Waals surface area (Å²) < 4.78 is 28.4. The van der Waals surface area contributed by atoms with E-state index >= 15 is 0 Å². The summed E-state index contributed by atoms with van der Waals surface area (Å²) in [5, 5.41) is 6.16. The summed E-state index contributed by atoms with van der Waals surface area (Å²) in [6, 6.07) is 14.4. The van der Waals surface area contributed by atoms with Crippen LogP contribution in [0.3, 0.4) is 0 Å². The van der Waals surface area contributed by atoms with Crippen molar-refractivity contribution >= 4 is 43.7 Å². The Morgan fingerprint density at radius 2 is 1.49 bits per heavy atom. The van der Waals surface area contributed by atoms with Gasteiger partial charge < -0.3 is 15.5 Å². The highest BCUT2D eigenvalue weighted by Gasteiger charge is 2.41.